The summed E-state index contributed by atoms with van der Waals surface area (Å²) in [4.78, 5) is 11.5. The van der Waals surface area contributed by atoms with Gasteiger partial charge in [-0.05, 0) is 49.8 Å². The van der Waals surface area contributed by atoms with Crippen molar-refractivity contribution < 1.29 is 14.3 Å². The van der Waals surface area contributed by atoms with Crippen molar-refractivity contribution in [3.63, 3.8) is 0 Å². The Morgan fingerprint density at radius 3 is 2.55 bits per heavy atom. The normalized spacial score (nSPS) is 17.0. The molecule has 1 saturated carbocycles. The lowest BCUT2D eigenvalue weighted by Crippen LogP contribution is -2.34. The van der Waals surface area contributed by atoms with Crippen molar-refractivity contribution >= 4 is 5.97 Å². The summed E-state index contributed by atoms with van der Waals surface area (Å²) < 4.78 is 10.8. The second-order valence-electron chi connectivity index (χ2n) is 6.02. The minimum absolute atomic E-state index is 0.347. The van der Waals surface area contributed by atoms with Gasteiger partial charge >= 0.3 is 5.97 Å². The molecule has 2 rings (SSSR count). The number of rotatable bonds is 7. The number of nitrogens with two attached hydrogens (primary N) is 1. The van der Waals surface area contributed by atoms with Crippen LogP contribution in [0.15, 0.2) is 24.3 Å². The molecule has 0 aliphatic heterocycles. The zero-order valence-electron chi connectivity index (χ0n) is 13.4. The van der Waals surface area contributed by atoms with Gasteiger partial charge in [0.15, 0.2) is 0 Å². The van der Waals surface area contributed by atoms with Gasteiger partial charge in [0, 0.05) is 0 Å². The van der Waals surface area contributed by atoms with E-state index in [2.05, 4.69) is 0 Å². The van der Waals surface area contributed by atoms with Gasteiger partial charge in [-0.2, -0.15) is 0 Å². The Morgan fingerprint density at radius 2 is 1.91 bits per heavy atom. The van der Waals surface area contributed by atoms with E-state index in [-0.39, 0.29) is 5.97 Å². The van der Waals surface area contributed by atoms with Gasteiger partial charge < -0.3 is 15.2 Å². The molecule has 0 heterocycles. The summed E-state index contributed by atoms with van der Waals surface area (Å²) in [5.41, 5.74) is 6.84. The molecule has 0 aromatic heterocycles. The van der Waals surface area contributed by atoms with Crippen molar-refractivity contribution in [1.82, 2.24) is 0 Å². The number of esters is 1. The van der Waals surface area contributed by atoms with Crippen LogP contribution in [0.25, 0.3) is 0 Å². The molecule has 0 saturated heterocycles. The maximum absolute atomic E-state index is 11.5. The minimum atomic E-state index is -0.603. The number of benzene rings is 1. The highest BCUT2D eigenvalue weighted by Crippen LogP contribution is 2.24. The van der Waals surface area contributed by atoms with Crippen LogP contribution in [-0.2, 0) is 16.0 Å². The van der Waals surface area contributed by atoms with Crippen LogP contribution < -0.4 is 10.5 Å². The van der Waals surface area contributed by atoms with E-state index in [0.717, 1.165) is 17.9 Å². The summed E-state index contributed by atoms with van der Waals surface area (Å²) in [6, 6.07) is 7.24. The first-order valence-corrected chi connectivity index (χ1v) is 8.33. The molecular weight excluding hydrogens is 278 g/mol. The molecule has 1 atom stereocenters. The van der Waals surface area contributed by atoms with Gasteiger partial charge in [-0.25, -0.2) is 0 Å². The zero-order valence-corrected chi connectivity index (χ0v) is 13.4. The summed E-state index contributed by atoms with van der Waals surface area (Å²) >= 11 is 0. The predicted molar refractivity (Wildman–Crippen MR) is 86.8 cm³/mol. The Balaban J connectivity index is 1.78. The van der Waals surface area contributed by atoms with E-state index in [4.69, 9.17) is 15.2 Å². The van der Waals surface area contributed by atoms with Crippen molar-refractivity contribution in [2.24, 2.45) is 11.7 Å². The van der Waals surface area contributed by atoms with Crippen LogP contribution >= 0.6 is 0 Å². The van der Waals surface area contributed by atoms with Gasteiger partial charge in [0.25, 0.3) is 0 Å². The van der Waals surface area contributed by atoms with E-state index in [0.29, 0.717) is 18.9 Å². The van der Waals surface area contributed by atoms with Crippen LogP contribution in [0.1, 0.15) is 44.6 Å². The molecule has 1 aliphatic rings. The summed E-state index contributed by atoms with van der Waals surface area (Å²) in [5.74, 6) is 1.24. The summed E-state index contributed by atoms with van der Waals surface area (Å²) in [5, 5.41) is 0. The van der Waals surface area contributed by atoms with Gasteiger partial charge in [-0.3, -0.25) is 4.79 Å². The Labute approximate surface area is 133 Å². The molecule has 2 N–H and O–H groups in total. The highest BCUT2D eigenvalue weighted by atomic mass is 16.5. The highest BCUT2D eigenvalue weighted by Gasteiger charge is 2.16. The van der Waals surface area contributed by atoms with Gasteiger partial charge in [-0.1, -0.05) is 31.4 Å². The summed E-state index contributed by atoms with van der Waals surface area (Å²) in [7, 11) is 0. The lowest BCUT2D eigenvalue weighted by Gasteiger charge is -2.21. The zero-order chi connectivity index (χ0) is 15.8. The van der Waals surface area contributed by atoms with E-state index in [1.54, 1.807) is 6.92 Å². The smallest absolute Gasteiger partial charge is 0.323 e. The van der Waals surface area contributed by atoms with Crippen LogP contribution in [0, 0.1) is 5.92 Å². The number of hydrogen-bond donors (Lipinski definition) is 1. The van der Waals surface area contributed by atoms with Gasteiger partial charge in [0.05, 0.1) is 13.2 Å². The first-order chi connectivity index (χ1) is 10.7. The Hall–Kier alpha value is -1.55. The molecule has 1 aliphatic carbocycles. The van der Waals surface area contributed by atoms with E-state index < -0.39 is 6.04 Å². The largest absolute Gasteiger partial charge is 0.493 e. The van der Waals surface area contributed by atoms with E-state index in [9.17, 15) is 4.79 Å². The fraction of sp³-hybridized carbons (Fsp3) is 0.611. The van der Waals surface area contributed by atoms with Gasteiger partial charge in [0.1, 0.15) is 11.8 Å². The highest BCUT2D eigenvalue weighted by molar-refractivity contribution is 5.75. The molecule has 1 aromatic carbocycles. The maximum atomic E-state index is 11.5. The summed E-state index contributed by atoms with van der Waals surface area (Å²) in [6.45, 7) is 2.95. The molecule has 0 unspecified atom stereocenters. The minimum Gasteiger partial charge on any atom is -0.493 e. The van der Waals surface area contributed by atoms with Crippen molar-refractivity contribution in [2.45, 2.75) is 51.5 Å². The lowest BCUT2D eigenvalue weighted by molar-refractivity contribution is -0.144. The molecule has 1 aromatic rings. The molecule has 0 bridgehead atoms. The third-order valence-electron chi connectivity index (χ3n) is 4.18. The molecule has 4 nitrogen and oxygen atoms in total. The fourth-order valence-corrected chi connectivity index (χ4v) is 2.88. The Morgan fingerprint density at radius 1 is 1.23 bits per heavy atom. The molecule has 0 radical (unpaired) electrons. The molecule has 122 valence electrons. The average molecular weight is 305 g/mol. The van der Waals surface area contributed by atoms with Crippen molar-refractivity contribution in [3.8, 4) is 5.75 Å². The van der Waals surface area contributed by atoms with E-state index in [1.807, 2.05) is 24.3 Å². The molecule has 1 fully saturated rings. The second kappa shape index (κ2) is 8.79. The van der Waals surface area contributed by atoms with Crippen molar-refractivity contribution in [3.05, 3.63) is 29.8 Å². The molecule has 22 heavy (non-hydrogen) atoms. The first kappa shape index (κ1) is 16.8. The van der Waals surface area contributed by atoms with Crippen LogP contribution in [-0.4, -0.2) is 25.2 Å². The molecule has 0 spiro atoms. The lowest BCUT2D eigenvalue weighted by atomic mass is 9.90. The Kier molecular flexibility index (Phi) is 6.72. The standard InChI is InChI=1S/C18H27NO3/c1-2-21-18(20)17(19)12-14-8-10-16(11-9-14)22-13-15-6-4-3-5-7-15/h8-11,15,17H,2-7,12-13,19H2,1H3/t17-/m0/s1. The average Bonchev–Trinajstić information content (AvgIpc) is 2.55. The number of ether oxygens (including phenoxy) is 2. The predicted octanol–water partition coefficient (Wildman–Crippen LogP) is 3.08. The summed E-state index contributed by atoms with van der Waals surface area (Å²) in [6.07, 6.45) is 7.09. The molecular formula is C18H27NO3. The number of carbonyl (C=O) groups excluding carboxylic acids is 1. The van der Waals surface area contributed by atoms with Crippen LogP contribution in [0.4, 0.5) is 0 Å². The second-order valence-corrected chi connectivity index (χ2v) is 6.02. The van der Waals surface area contributed by atoms with Gasteiger partial charge in [-0.15, -0.1) is 0 Å². The molecule has 4 heteroatoms. The monoisotopic (exact) mass is 305 g/mol. The maximum Gasteiger partial charge on any atom is 0.323 e. The SMILES string of the molecule is CCOC(=O)[C@@H](N)Cc1ccc(OCC2CCCCC2)cc1. The first-order valence-electron chi connectivity index (χ1n) is 8.33. The van der Waals surface area contributed by atoms with Crippen LogP contribution in [0.2, 0.25) is 0 Å². The number of carbonyl (C=O) groups is 1. The third-order valence-corrected chi connectivity index (χ3v) is 4.18. The quantitative estimate of drug-likeness (QED) is 0.786. The number of hydrogen-bond acceptors (Lipinski definition) is 4. The van der Waals surface area contributed by atoms with Crippen molar-refractivity contribution in [1.29, 1.82) is 0 Å². The Bertz CT molecular complexity index is 452. The molecule has 0 amide bonds. The fourth-order valence-electron chi connectivity index (χ4n) is 2.88. The van der Waals surface area contributed by atoms with Crippen molar-refractivity contribution in [2.75, 3.05) is 13.2 Å². The van der Waals surface area contributed by atoms with Gasteiger partial charge in [0.2, 0.25) is 0 Å². The van der Waals surface area contributed by atoms with Crippen LogP contribution in [0.3, 0.4) is 0 Å². The topological polar surface area (TPSA) is 61.5 Å². The van der Waals surface area contributed by atoms with Crippen LogP contribution in [0.5, 0.6) is 5.75 Å². The third kappa shape index (κ3) is 5.34. The van der Waals surface area contributed by atoms with E-state index >= 15 is 0 Å². The van der Waals surface area contributed by atoms with E-state index in [1.165, 1.54) is 32.1 Å².